The van der Waals surface area contributed by atoms with Crippen molar-refractivity contribution >= 4 is 37.7 Å². The van der Waals surface area contributed by atoms with E-state index >= 15 is 0 Å². The summed E-state index contributed by atoms with van der Waals surface area (Å²) >= 11 is 5.15. The summed E-state index contributed by atoms with van der Waals surface area (Å²) in [6.45, 7) is 1.24. The van der Waals surface area contributed by atoms with Gasteiger partial charge >= 0.3 is 0 Å². The molecule has 0 atom stereocenters. The minimum Gasteiger partial charge on any atom is -0.207 e. The first-order valence-corrected chi connectivity index (χ1v) is 9.09. The van der Waals surface area contributed by atoms with Crippen molar-refractivity contribution in [3.8, 4) is 0 Å². The van der Waals surface area contributed by atoms with E-state index in [1.165, 1.54) is 0 Å². The van der Waals surface area contributed by atoms with E-state index in [0.29, 0.717) is 18.0 Å². The number of halogens is 1. The molecule has 1 aliphatic rings. The lowest BCUT2D eigenvalue weighted by atomic mass is 10.2. The van der Waals surface area contributed by atoms with Gasteiger partial charge in [0.1, 0.15) is 0 Å². The van der Waals surface area contributed by atoms with E-state index in [9.17, 15) is 8.42 Å². The highest BCUT2D eigenvalue weighted by Crippen LogP contribution is 2.20. The van der Waals surface area contributed by atoms with Gasteiger partial charge in [0.25, 0.3) is 0 Å². The number of rotatable bonds is 3. The van der Waals surface area contributed by atoms with Gasteiger partial charge in [-0.2, -0.15) is 16.1 Å². The first-order chi connectivity index (χ1) is 8.14. The molecule has 1 heterocycles. The summed E-state index contributed by atoms with van der Waals surface area (Å²) in [5.41, 5.74) is 1.08. The first kappa shape index (κ1) is 13.4. The molecule has 3 nitrogen and oxygen atoms in total. The van der Waals surface area contributed by atoms with Gasteiger partial charge < -0.3 is 0 Å². The van der Waals surface area contributed by atoms with E-state index < -0.39 is 10.0 Å². The van der Waals surface area contributed by atoms with Gasteiger partial charge in [-0.25, -0.2) is 8.42 Å². The molecular weight excluding hydrogens is 322 g/mol. The molecule has 0 unspecified atom stereocenters. The second-order valence-electron chi connectivity index (χ2n) is 3.79. The third kappa shape index (κ3) is 3.05. The van der Waals surface area contributed by atoms with Gasteiger partial charge in [0.05, 0.1) is 4.90 Å². The van der Waals surface area contributed by atoms with E-state index in [1.807, 2.05) is 12.1 Å². The molecule has 0 aliphatic carbocycles. The monoisotopic (exact) mass is 335 g/mol. The van der Waals surface area contributed by atoms with E-state index in [-0.39, 0.29) is 0 Å². The maximum absolute atomic E-state index is 12.3. The van der Waals surface area contributed by atoms with Crippen LogP contribution < -0.4 is 0 Å². The Morgan fingerprint density at radius 2 is 1.76 bits per heavy atom. The second-order valence-corrected chi connectivity index (χ2v) is 7.52. The predicted molar refractivity (Wildman–Crippen MR) is 75.2 cm³/mol. The molecule has 94 valence electrons. The van der Waals surface area contributed by atoms with Crippen LogP contribution in [-0.2, 0) is 15.4 Å². The molecule has 6 heteroatoms. The number of sulfonamides is 1. The molecule has 0 radical (unpaired) electrons. The third-order valence-electron chi connectivity index (χ3n) is 2.69. The van der Waals surface area contributed by atoms with Gasteiger partial charge in [-0.1, -0.05) is 28.1 Å². The van der Waals surface area contributed by atoms with E-state index in [0.717, 1.165) is 22.4 Å². The quantitative estimate of drug-likeness (QED) is 0.795. The van der Waals surface area contributed by atoms with Crippen molar-refractivity contribution in [1.82, 2.24) is 4.31 Å². The van der Waals surface area contributed by atoms with E-state index in [1.54, 1.807) is 28.2 Å². The van der Waals surface area contributed by atoms with Crippen molar-refractivity contribution in [2.45, 2.75) is 10.2 Å². The average Bonchev–Trinajstić information content (AvgIpc) is 2.40. The van der Waals surface area contributed by atoms with Gasteiger partial charge in [0.2, 0.25) is 10.0 Å². The summed E-state index contributed by atoms with van der Waals surface area (Å²) in [4.78, 5) is 0.397. The van der Waals surface area contributed by atoms with Gasteiger partial charge in [0, 0.05) is 29.9 Å². The zero-order valence-electron chi connectivity index (χ0n) is 9.30. The summed E-state index contributed by atoms with van der Waals surface area (Å²) in [6.07, 6.45) is 0. The first-order valence-electron chi connectivity index (χ1n) is 5.37. The number of hydrogen-bond donors (Lipinski definition) is 0. The molecule has 1 aromatic rings. The van der Waals surface area contributed by atoms with Crippen molar-refractivity contribution in [1.29, 1.82) is 0 Å². The van der Waals surface area contributed by atoms with Crippen LogP contribution in [0.4, 0.5) is 0 Å². The number of nitrogens with zero attached hydrogens (tertiary/aromatic N) is 1. The minimum atomic E-state index is -3.28. The Kier molecular flexibility index (Phi) is 4.52. The molecule has 0 N–H and O–H groups in total. The standard InChI is InChI=1S/C11H14BrNO2S2/c12-9-10-1-3-11(4-2-10)17(14,15)13-5-7-16-8-6-13/h1-4H,5-9H2. The Balaban J connectivity index is 2.23. The van der Waals surface area contributed by atoms with Gasteiger partial charge in [-0.3, -0.25) is 0 Å². The largest absolute Gasteiger partial charge is 0.243 e. The Hall–Kier alpha value is -0.0400. The van der Waals surface area contributed by atoms with Crippen LogP contribution in [0.25, 0.3) is 0 Å². The van der Waals surface area contributed by atoms with E-state index in [4.69, 9.17) is 0 Å². The summed E-state index contributed by atoms with van der Waals surface area (Å²) in [7, 11) is -3.28. The molecule has 2 rings (SSSR count). The van der Waals surface area contributed by atoms with Gasteiger partial charge in [-0.15, -0.1) is 0 Å². The van der Waals surface area contributed by atoms with Crippen molar-refractivity contribution < 1.29 is 8.42 Å². The highest BCUT2D eigenvalue weighted by atomic mass is 79.9. The van der Waals surface area contributed by atoms with Crippen molar-refractivity contribution in [3.05, 3.63) is 29.8 Å². The molecule has 0 spiro atoms. The molecule has 0 aromatic heterocycles. The predicted octanol–water partition coefficient (Wildman–Crippen LogP) is 2.32. The smallest absolute Gasteiger partial charge is 0.207 e. The molecule has 0 saturated carbocycles. The number of thioether (sulfide) groups is 1. The Morgan fingerprint density at radius 1 is 1.18 bits per heavy atom. The lowest BCUT2D eigenvalue weighted by Gasteiger charge is -2.25. The van der Waals surface area contributed by atoms with Crippen LogP contribution in [-0.4, -0.2) is 37.3 Å². The normalized spacial score (nSPS) is 18.2. The molecular formula is C11H14BrNO2S2. The molecule has 17 heavy (non-hydrogen) atoms. The fraction of sp³-hybridized carbons (Fsp3) is 0.455. The van der Waals surface area contributed by atoms with Crippen LogP contribution in [0.15, 0.2) is 29.2 Å². The van der Waals surface area contributed by atoms with Crippen LogP contribution in [0.5, 0.6) is 0 Å². The van der Waals surface area contributed by atoms with Gasteiger partial charge in [-0.05, 0) is 17.7 Å². The zero-order valence-corrected chi connectivity index (χ0v) is 12.5. The maximum atomic E-state index is 12.3. The second kappa shape index (κ2) is 5.73. The summed E-state index contributed by atoms with van der Waals surface area (Å²) < 4.78 is 26.2. The van der Waals surface area contributed by atoms with Crippen molar-refractivity contribution in [3.63, 3.8) is 0 Å². The highest BCUT2D eigenvalue weighted by Gasteiger charge is 2.25. The van der Waals surface area contributed by atoms with Crippen LogP contribution in [0.2, 0.25) is 0 Å². The molecule has 0 bridgehead atoms. The lowest BCUT2D eigenvalue weighted by molar-refractivity contribution is 0.443. The Labute approximate surface area is 115 Å². The maximum Gasteiger partial charge on any atom is 0.243 e. The number of hydrogen-bond acceptors (Lipinski definition) is 3. The van der Waals surface area contributed by atoms with Crippen LogP contribution >= 0.6 is 27.7 Å². The molecule has 0 amide bonds. The van der Waals surface area contributed by atoms with Gasteiger partial charge in [0.15, 0.2) is 0 Å². The molecule has 1 aromatic carbocycles. The highest BCUT2D eigenvalue weighted by molar-refractivity contribution is 9.08. The summed E-state index contributed by atoms with van der Waals surface area (Å²) in [6, 6.07) is 7.07. The van der Waals surface area contributed by atoms with Crippen LogP contribution in [0.1, 0.15) is 5.56 Å². The average molecular weight is 336 g/mol. The zero-order chi connectivity index (χ0) is 12.3. The van der Waals surface area contributed by atoms with Crippen molar-refractivity contribution in [2.24, 2.45) is 0 Å². The summed E-state index contributed by atoms with van der Waals surface area (Å²) in [5.74, 6) is 1.78. The number of alkyl halides is 1. The molecule has 1 fully saturated rings. The van der Waals surface area contributed by atoms with Crippen LogP contribution in [0, 0.1) is 0 Å². The fourth-order valence-electron chi connectivity index (χ4n) is 1.69. The third-order valence-corrected chi connectivity index (χ3v) is 6.19. The fourth-order valence-corrected chi connectivity index (χ4v) is 4.64. The topological polar surface area (TPSA) is 37.4 Å². The summed E-state index contributed by atoms with van der Waals surface area (Å²) in [5, 5.41) is 0.744. The minimum absolute atomic E-state index is 0.397. The Bertz CT molecular complexity index is 467. The van der Waals surface area contributed by atoms with Crippen LogP contribution in [0.3, 0.4) is 0 Å². The Morgan fingerprint density at radius 3 is 2.29 bits per heavy atom. The molecule has 1 saturated heterocycles. The molecule has 1 aliphatic heterocycles. The lowest BCUT2D eigenvalue weighted by Crippen LogP contribution is -2.37. The van der Waals surface area contributed by atoms with Crippen molar-refractivity contribution in [2.75, 3.05) is 24.6 Å². The van der Waals surface area contributed by atoms with E-state index in [2.05, 4.69) is 15.9 Å². The SMILES string of the molecule is O=S(=O)(c1ccc(CBr)cc1)N1CCSCC1. The number of benzene rings is 1.